The molecule has 0 bridgehead atoms. The summed E-state index contributed by atoms with van der Waals surface area (Å²) < 4.78 is 5.42. The second kappa shape index (κ2) is 7.77. The Balaban J connectivity index is 1.95. The van der Waals surface area contributed by atoms with Gasteiger partial charge in [-0.2, -0.15) is 0 Å². The van der Waals surface area contributed by atoms with Gasteiger partial charge in [-0.3, -0.25) is 14.4 Å². The highest BCUT2D eigenvalue weighted by atomic mass is 16.6. The van der Waals surface area contributed by atoms with Crippen LogP contribution in [-0.4, -0.2) is 67.5 Å². The minimum atomic E-state index is -2.82. The van der Waals surface area contributed by atoms with Crippen LogP contribution in [0.3, 0.4) is 0 Å². The van der Waals surface area contributed by atoms with Gasteiger partial charge < -0.3 is 30.5 Å². The van der Waals surface area contributed by atoms with Crippen LogP contribution in [0.4, 0.5) is 0 Å². The summed E-state index contributed by atoms with van der Waals surface area (Å²) in [4.78, 5) is 38.4. The number of nitrogens with one attached hydrogen (secondary N) is 1. The number of allylic oxidation sites excluding steroid dienone is 1. The van der Waals surface area contributed by atoms with Crippen LogP contribution in [0.15, 0.2) is 53.8 Å². The van der Waals surface area contributed by atoms with Gasteiger partial charge in [0.15, 0.2) is 6.10 Å². The molecule has 9 heteroatoms. The van der Waals surface area contributed by atoms with Gasteiger partial charge in [0.05, 0.1) is 0 Å². The first-order chi connectivity index (χ1) is 14.1. The Bertz CT molecular complexity index is 940. The van der Waals surface area contributed by atoms with Crippen molar-refractivity contribution < 1.29 is 39.5 Å². The van der Waals surface area contributed by atoms with Crippen molar-refractivity contribution in [2.45, 2.75) is 49.9 Å². The zero-order valence-corrected chi connectivity index (χ0v) is 16.4. The van der Waals surface area contributed by atoms with Crippen molar-refractivity contribution in [1.29, 1.82) is 0 Å². The van der Waals surface area contributed by atoms with Gasteiger partial charge in [-0.1, -0.05) is 49.4 Å². The molecular weight excluding hydrogens is 394 g/mol. The Morgan fingerprint density at radius 2 is 1.90 bits per heavy atom. The number of amides is 1. The van der Waals surface area contributed by atoms with Crippen molar-refractivity contribution in [2.75, 3.05) is 0 Å². The van der Waals surface area contributed by atoms with E-state index < -0.39 is 52.9 Å². The van der Waals surface area contributed by atoms with Gasteiger partial charge in [0.25, 0.3) is 11.5 Å². The number of Topliss-reactive ketones (excluding diaryl/α,β-unsaturated/α-hetero) is 2. The molecule has 160 valence electrons. The minimum absolute atomic E-state index is 0.00749. The van der Waals surface area contributed by atoms with E-state index in [9.17, 15) is 34.8 Å². The summed E-state index contributed by atoms with van der Waals surface area (Å²) in [5.41, 5.74) is -5.70. The second-order valence-electron chi connectivity index (χ2n) is 7.25. The standard InChI is InChI=1S/C21H23NO8/c1-3-4-10-13(23)14(24)15-11(2)16(25)20(30-15)18(27)21(29,22-19(20)28)17(26)12-8-6-5-7-9-12/h4-10,13-14,18,23-24,27,29H,3H2,1-2H3,(H,22,28)/b10-4-/t13-,14-,18+,20+,21-/m0/s1. The van der Waals surface area contributed by atoms with E-state index in [1.165, 1.54) is 37.3 Å². The van der Waals surface area contributed by atoms with Crippen LogP contribution in [0.25, 0.3) is 0 Å². The van der Waals surface area contributed by atoms with E-state index in [1.807, 2.05) is 12.2 Å². The maximum Gasteiger partial charge on any atom is 0.278 e. The van der Waals surface area contributed by atoms with Crippen LogP contribution in [0, 0.1) is 0 Å². The fourth-order valence-corrected chi connectivity index (χ4v) is 3.58. The lowest BCUT2D eigenvalue weighted by atomic mass is 9.85. The smallest absolute Gasteiger partial charge is 0.278 e. The average molecular weight is 417 g/mol. The van der Waals surface area contributed by atoms with Crippen LogP contribution in [0.2, 0.25) is 0 Å². The van der Waals surface area contributed by atoms with E-state index in [4.69, 9.17) is 4.74 Å². The third kappa shape index (κ3) is 3.07. The molecule has 0 saturated carbocycles. The molecule has 5 N–H and O–H groups in total. The molecule has 0 unspecified atom stereocenters. The summed E-state index contributed by atoms with van der Waals surface area (Å²) in [6.45, 7) is 3.07. The van der Waals surface area contributed by atoms with Gasteiger partial charge in [0.2, 0.25) is 17.3 Å². The Labute approximate surface area is 172 Å². The van der Waals surface area contributed by atoms with Gasteiger partial charge in [0.1, 0.15) is 18.0 Å². The first-order valence-electron chi connectivity index (χ1n) is 9.41. The third-order valence-corrected chi connectivity index (χ3v) is 5.28. The molecule has 0 aliphatic carbocycles. The highest BCUT2D eigenvalue weighted by Crippen LogP contribution is 2.43. The van der Waals surface area contributed by atoms with Crippen LogP contribution in [-0.2, 0) is 14.3 Å². The lowest BCUT2D eigenvalue weighted by Gasteiger charge is -2.30. The minimum Gasteiger partial charge on any atom is -0.467 e. The maximum absolute atomic E-state index is 12.9. The summed E-state index contributed by atoms with van der Waals surface area (Å²) >= 11 is 0. The van der Waals surface area contributed by atoms with Crippen molar-refractivity contribution in [3.63, 3.8) is 0 Å². The highest BCUT2D eigenvalue weighted by Gasteiger charge is 2.73. The number of carbonyl (C=O) groups excluding carboxylic acids is 3. The van der Waals surface area contributed by atoms with E-state index >= 15 is 0 Å². The number of ether oxygens (including phenoxy) is 1. The fourth-order valence-electron chi connectivity index (χ4n) is 3.58. The first-order valence-corrected chi connectivity index (χ1v) is 9.41. The molecule has 3 rings (SSSR count). The molecule has 1 amide bonds. The number of aliphatic hydroxyl groups excluding tert-OH is 3. The number of benzene rings is 1. The van der Waals surface area contributed by atoms with Crippen molar-refractivity contribution in [3.05, 3.63) is 59.4 Å². The normalized spacial score (nSPS) is 30.7. The van der Waals surface area contributed by atoms with Crippen molar-refractivity contribution in [1.82, 2.24) is 5.32 Å². The fraction of sp³-hybridized carbons (Fsp3) is 0.381. The SMILES string of the molecule is CC/C=C\[C@H](O)[C@H](O)C1=C(C)C(=O)[C@]2(O1)C(=O)N[C@](O)(C(=O)c1ccccc1)[C@@H]2O. The Hall–Kier alpha value is -2.85. The largest absolute Gasteiger partial charge is 0.467 e. The number of hydrogen-bond donors (Lipinski definition) is 5. The van der Waals surface area contributed by atoms with E-state index in [2.05, 4.69) is 0 Å². The quantitative estimate of drug-likeness (QED) is 0.232. The third-order valence-electron chi connectivity index (χ3n) is 5.28. The van der Waals surface area contributed by atoms with E-state index in [0.717, 1.165) is 0 Å². The molecule has 9 nitrogen and oxygen atoms in total. The van der Waals surface area contributed by atoms with Gasteiger partial charge in [-0.25, -0.2) is 0 Å². The molecule has 1 spiro atoms. The predicted octanol–water partition coefficient (Wildman–Crippen LogP) is -0.651. The number of ketones is 2. The summed E-state index contributed by atoms with van der Waals surface area (Å²) in [5, 5.41) is 44.1. The molecular formula is C21H23NO8. The van der Waals surface area contributed by atoms with E-state index in [-0.39, 0.29) is 11.1 Å². The molecule has 1 saturated heterocycles. The topological polar surface area (TPSA) is 153 Å². The predicted molar refractivity (Wildman–Crippen MR) is 103 cm³/mol. The summed E-state index contributed by atoms with van der Waals surface area (Å²) in [6, 6.07) is 7.43. The van der Waals surface area contributed by atoms with Crippen LogP contribution < -0.4 is 5.32 Å². The summed E-state index contributed by atoms with van der Waals surface area (Å²) in [5.74, 6) is -3.70. The molecule has 1 aromatic rings. The van der Waals surface area contributed by atoms with Crippen molar-refractivity contribution >= 4 is 17.5 Å². The lowest BCUT2D eigenvalue weighted by molar-refractivity contribution is -0.161. The molecule has 1 fully saturated rings. The van der Waals surface area contributed by atoms with Gasteiger partial charge in [0, 0.05) is 11.1 Å². The molecule has 0 radical (unpaired) electrons. The number of hydrogen-bond acceptors (Lipinski definition) is 8. The van der Waals surface area contributed by atoms with Crippen molar-refractivity contribution in [3.8, 4) is 0 Å². The molecule has 5 atom stereocenters. The molecule has 0 aromatic heterocycles. The zero-order chi connectivity index (χ0) is 22.3. The van der Waals surface area contributed by atoms with E-state index in [0.29, 0.717) is 6.42 Å². The Morgan fingerprint density at radius 3 is 2.50 bits per heavy atom. The molecule has 30 heavy (non-hydrogen) atoms. The lowest BCUT2D eigenvalue weighted by Crippen LogP contribution is -2.59. The summed E-state index contributed by atoms with van der Waals surface area (Å²) in [6.07, 6.45) is -1.98. The van der Waals surface area contributed by atoms with Crippen LogP contribution in [0.5, 0.6) is 0 Å². The number of aliphatic hydroxyl groups is 4. The van der Waals surface area contributed by atoms with Gasteiger partial charge in [-0.15, -0.1) is 0 Å². The number of carbonyl (C=O) groups is 3. The van der Waals surface area contributed by atoms with Crippen molar-refractivity contribution in [2.24, 2.45) is 0 Å². The molecule has 2 aliphatic heterocycles. The average Bonchev–Trinajstić information content (AvgIpc) is 3.13. The second-order valence-corrected chi connectivity index (χ2v) is 7.25. The number of rotatable bonds is 6. The Kier molecular flexibility index (Phi) is 5.66. The first kappa shape index (κ1) is 21.8. The molecule has 2 aliphatic rings. The molecule has 1 aromatic carbocycles. The molecule has 2 heterocycles. The zero-order valence-electron chi connectivity index (χ0n) is 16.4. The van der Waals surface area contributed by atoms with Gasteiger partial charge in [-0.05, 0) is 13.3 Å². The highest BCUT2D eigenvalue weighted by molar-refractivity contribution is 6.23. The monoisotopic (exact) mass is 417 g/mol. The van der Waals surface area contributed by atoms with Crippen LogP contribution >= 0.6 is 0 Å². The van der Waals surface area contributed by atoms with Gasteiger partial charge >= 0.3 is 0 Å². The van der Waals surface area contributed by atoms with E-state index in [1.54, 1.807) is 12.1 Å². The van der Waals surface area contributed by atoms with Crippen LogP contribution in [0.1, 0.15) is 30.6 Å². The maximum atomic E-state index is 12.9. The Morgan fingerprint density at radius 1 is 1.27 bits per heavy atom. The summed E-state index contributed by atoms with van der Waals surface area (Å²) in [7, 11) is 0.